The number of hydrogen-bond donors (Lipinski definition) is 3. The summed E-state index contributed by atoms with van der Waals surface area (Å²) < 4.78 is 29.6. The highest BCUT2D eigenvalue weighted by Crippen LogP contribution is 2.60. The van der Waals surface area contributed by atoms with Gasteiger partial charge < -0.3 is 24.8 Å². The number of carbonyl (C=O) groups excluding carboxylic acids is 3. The number of halogens is 3. The topological polar surface area (TPSA) is 115 Å². The molecule has 3 aliphatic carbocycles. The zero-order chi connectivity index (χ0) is 27.1. The molecule has 12 heteroatoms. The van der Waals surface area contributed by atoms with Gasteiger partial charge in [-0.25, -0.2) is 4.39 Å². The first-order valence-electron chi connectivity index (χ1n) is 12.1. The fraction of sp³-hybridized carbons (Fsp3) is 0.423. The Hall–Kier alpha value is -3.08. The van der Waals surface area contributed by atoms with Gasteiger partial charge in [-0.05, 0) is 49.6 Å². The molecule has 3 N–H and O–H groups in total. The van der Waals surface area contributed by atoms with Gasteiger partial charge in [-0.15, -0.1) is 0 Å². The van der Waals surface area contributed by atoms with Gasteiger partial charge in [0.05, 0.1) is 18.7 Å². The Labute approximate surface area is 228 Å². The Morgan fingerprint density at radius 1 is 1.08 bits per heavy atom. The van der Waals surface area contributed by atoms with Crippen LogP contribution in [0.3, 0.4) is 0 Å². The minimum absolute atomic E-state index is 0.0235. The van der Waals surface area contributed by atoms with Crippen LogP contribution in [-0.4, -0.2) is 55.2 Å². The first kappa shape index (κ1) is 26.5. The summed E-state index contributed by atoms with van der Waals surface area (Å²) in [6.07, 6.45) is 1.31. The van der Waals surface area contributed by atoms with Gasteiger partial charge in [0.15, 0.2) is 12.7 Å². The number of amides is 2. The largest absolute Gasteiger partial charge is 0.484 e. The molecule has 4 aliphatic rings. The van der Waals surface area contributed by atoms with E-state index in [0.29, 0.717) is 36.5 Å². The lowest BCUT2D eigenvalue weighted by atomic mass is 9.44. The molecule has 9 nitrogen and oxygen atoms in total. The average molecular weight is 566 g/mol. The monoisotopic (exact) mass is 565 g/mol. The number of carbonyl (C=O) groups is 3. The van der Waals surface area contributed by atoms with Crippen molar-refractivity contribution in [2.24, 2.45) is 0 Å². The third-order valence-electron chi connectivity index (χ3n) is 7.16. The van der Waals surface area contributed by atoms with Gasteiger partial charge in [-0.2, -0.15) is 0 Å². The molecule has 0 spiro atoms. The van der Waals surface area contributed by atoms with E-state index >= 15 is 0 Å². The Balaban J connectivity index is 1.13. The van der Waals surface area contributed by atoms with Crippen LogP contribution in [0.25, 0.3) is 0 Å². The van der Waals surface area contributed by atoms with Crippen molar-refractivity contribution in [3.05, 3.63) is 57.8 Å². The van der Waals surface area contributed by atoms with E-state index in [0.717, 1.165) is 11.6 Å². The van der Waals surface area contributed by atoms with Crippen molar-refractivity contribution >= 4 is 41.0 Å². The fourth-order valence-corrected chi connectivity index (χ4v) is 5.81. The highest BCUT2D eigenvalue weighted by molar-refractivity contribution is 6.31. The second kappa shape index (κ2) is 10.2. The van der Waals surface area contributed by atoms with E-state index in [4.69, 9.17) is 37.4 Å². The molecule has 2 amide bonds. The van der Waals surface area contributed by atoms with Crippen molar-refractivity contribution in [1.29, 1.82) is 0 Å². The molecule has 2 bridgehead atoms. The van der Waals surface area contributed by atoms with Gasteiger partial charge in [0.1, 0.15) is 17.3 Å². The number of ether oxygens (including phenoxy) is 3. The SMILES string of the molecule is COC(=O)CNC1CC(C(=O)NC23CC(NC(=O)COc4ccc(Cl)c(F)c4)(C2)C3)Oc2ccc(Cl)cc21. The fourth-order valence-electron chi connectivity index (χ4n) is 5.52. The first-order valence-corrected chi connectivity index (χ1v) is 12.8. The van der Waals surface area contributed by atoms with Crippen molar-refractivity contribution in [3.63, 3.8) is 0 Å². The average Bonchev–Trinajstić information content (AvgIpc) is 2.85. The zero-order valence-corrected chi connectivity index (χ0v) is 22.0. The Bertz CT molecular complexity index is 1270. The van der Waals surface area contributed by atoms with Crippen molar-refractivity contribution in [3.8, 4) is 11.5 Å². The van der Waals surface area contributed by atoms with Crippen LogP contribution in [0.5, 0.6) is 11.5 Å². The summed E-state index contributed by atoms with van der Waals surface area (Å²) in [5.74, 6) is -0.910. The van der Waals surface area contributed by atoms with Gasteiger partial charge in [0.2, 0.25) is 0 Å². The molecule has 6 rings (SSSR count). The van der Waals surface area contributed by atoms with E-state index in [1.165, 1.54) is 19.2 Å². The van der Waals surface area contributed by atoms with Crippen LogP contribution in [0.2, 0.25) is 10.0 Å². The second-order valence-electron chi connectivity index (χ2n) is 10.0. The number of fused-ring (bicyclic) bond motifs is 1. The minimum Gasteiger partial charge on any atom is -0.484 e. The molecular weight excluding hydrogens is 540 g/mol. The van der Waals surface area contributed by atoms with Crippen LogP contribution in [0.15, 0.2) is 36.4 Å². The minimum atomic E-state index is -0.772. The van der Waals surface area contributed by atoms with Crippen LogP contribution in [0, 0.1) is 5.82 Å². The number of methoxy groups -OCH3 is 1. The maximum atomic E-state index is 13.5. The quantitative estimate of drug-likeness (QED) is 0.400. The summed E-state index contributed by atoms with van der Waals surface area (Å²) in [7, 11) is 1.31. The van der Waals surface area contributed by atoms with Crippen LogP contribution < -0.4 is 25.4 Å². The van der Waals surface area contributed by atoms with E-state index < -0.39 is 23.4 Å². The van der Waals surface area contributed by atoms with Crippen LogP contribution in [0.1, 0.15) is 37.3 Å². The summed E-state index contributed by atoms with van der Waals surface area (Å²) in [5.41, 5.74) is -0.0233. The van der Waals surface area contributed by atoms with Crippen molar-refractivity contribution in [2.75, 3.05) is 20.3 Å². The third-order valence-corrected chi connectivity index (χ3v) is 7.71. The zero-order valence-electron chi connectivity index (χ0n) is 20.4. The number of esters is 1. The van der Waals surface area contributed by atoms with E-state index in [1.54, 1.807) is 18.2 Å². The van der Waals surface area contributed by atoms with E-state index in [2.05, 4.69) is 16.0 Å². The summed E-state index contributed by atoms with van der Waals surface area (Å²) in [6, 6.07) is 8.77. The van der Waals surface area contributed by atoms with Crippen molar-refractivity contribution in [1.82, 2.24) is 16.0 Å². The summed E-state index contributed by atoms with van der Waals surface area (Å²) >= 11 is 11.8. The number of rotatable bonds is 9. The van der Waals surface area contributed by atoms with Crippen LogP contribution >= 0.6 is 23.2 Å². The highest BCUT2D eigenvalue weighted by atomic mass is 35.5. The van der Waals surface area contributed by atoms with Gasteiger partial charge in [-0.3, -0.25) is 19.7 Å². The van der Waals surface area contributed by atoms with Gasteiger partial charge in [-0.1, -0.05) is 23.2 Å². The number of benzene rings is 2. The lowest BCUT2D eigenvalue weighted by Crippen LogP contribution is -2.84. The molecular formula is C26H26Cl2FN3O6. The summed E-state index contributed by atoms with van der Waals surface area (Å²) in [4.78, 5) is 37.2. The third kappa shape index (κ3) is 5.39. The van der Waals surface area contributed by atoms with Gasteiger partial charge in [0.25, 0.3) is 11.8 Å². The molecule has 0 aromatic heterocycles. The maximum Gasteiger partial charge on any atom is 0.319 e. The molecule has 1 heterocycles. The molecule has 2 aromatic carbocycles. The molecule has 202 valence electrons. The molecule has 0 radical (unpaired) electrons. The molecule has 1 aliphatic heterocycles. The van der Waals surface area contributed by atoms with E-state index in [1.807, 2.05) is 0 Å². The van der Waals surface area contributed by atoms with Crippen molar-refractivity contribution < 1.29 is 33.0 Å². The van der Waals surface area contributed by atoms with E-state index in [-0.39, 0.29) is 47.3 Å². The Morgan fingerprint density at radius 3 is 2.53 bits per heavy atom. The standard InChI is InChI=1S/C26H26Cl2FN3O6/c1-36-23(34)9-30-19-8-21(38-20-5-2-14(27)6-16(19)20)24(35)32-26-11-25(12-26,13-26)31-22(33)10-37-15-3-4-17(28)18(29)7-15/h2-7,19,21,30H,8-13H2,1H3,(H,31,33)(H,32,35). The lowest BCUT2D eigenvalue weighted by Gasteiger charge is -2.70. The highest BCUT2D eigenvalue weighted by Gasteiger charge is 2.69. The van der Waals surface area contributed by atoms with Crippen LogP contribution in [0.4, 0.5) is 4.39 Å². The lowest BCUT2D eigenvalue weighted by molar-refractivity contribution is -0.154. The molecule has 2 atom stereocenters. The molecule has 3 saturated carbocycles. The molecule has 38 heavy (non-hydrogen) atoms. The Kier molecular flexibility index (Phi) is 7.15. The van der Waals surface area contributed by atoms with Gasteiger partial charge in [0, 0.05) is 40.2 Å². The molecule has 0 saturated heterocycles. The molecule has 2 unspecified atom stereocenters. The van der Waals surface area contributed by atoms with Gasteiger partial charge >= 0.3 is 5.97 Å². The van der Waals surface area contributed by atoms with Crippen LogP contribution in [-0.2, 0) is 19.1 Å². The predicted octanol–water partition coefficient (Wildman–Crippen LogP) is 3.07. The normalized spacial score (nSPS) is 26.5. The van der Waals surface area contributed by atoms with Crippen molar-refractivity contribution in [2.45, 2.75) is 48.9 Å². The predicted molar refractivity (Wildman–Crippen MR) is 136 cm³/mol. The molecule has 2 aromatic rings. The Morgan fingerprint density at radius 2 is 1.82 bits per heavy atom. The second-order valence-corrected chi connectivity index (χ2v) is 10.9. The smallest absolute Gasteiger partial charge is 0.319 e. The summed E-state index contributed by atoms with van der Waals surface area (Å²) in [6.45, 7) is -0.286. The number of nitrogens with one attached hydrogen (secondary N) is 3. The maximum absolute atomic E-state index is 13.5. The molecule has 3 fully saturated rings. The summed E-state index contributed by atoms with van der Waals surface area (Å²) in [5, 5.41) is 9.66. The number of hydrogen-bond acceptors (Lipinski definition) is 7. The first-order chi connectivity index (χ1) is 18.1. The van der Waals surface area contributed by atoms with E-state index in [9.17, 15) is 18.8 Å².